The summed E-state index contributed by atoms with van der Waals surface area (Å²) in [6, 6.07) is 7.49. The summed E-state index contributed by atoms with van der Waals surface area (Å²) in [5.74, 6) is 0. The maximum absolute atomic E-state index is 2.65. The molecule has 1 aromatic carbocycles. The number of benzene rings is 1. The van der Waals surface area contributed by atoms with Crippen molar-refractivity contribution in [2.45, 2.75) is 32.7 Å². The van der Waals surface area contributed by atoms with Gasteiger partial charge in [-0.2, -0.15) is 0 Å². The maximum atomic E-state index is 2.65. The van der Waals surface area contributed by atoms with E-state index in [1.807, 2.05) is 0 Å². The number of likely N-dealkylation sites (N-methyl/N-ethyl adjacent to an activating group) is 1. The van der Waals surface area contributed by atoms with Gasteiger partial charge in [-0.1, -0.05) is 19.1 Å². The van der Waals surface area contributed by atoms with E-state index < -0.39 is 0 Å². The first kappa shape index (κ1) is 11.1. The fourth-order valence-electron chi connectivity index (χ4n) is 3.37. The van der Waals surface area contributed by atoms with E-state index in [1.165, 1.54) is 50.3 Å². The van der Waals surface area contributed by atoms with Gasteiger partial charge in [0.05, 0.1) is 0 Å². The van der Waals surface area contributed by atoms with E-state index in [0.717, 1.165) is 0 Å². The first-order chi connectivity index (χ1) is 8.29. The van der Waals surface area contributed by atoms with E-state index in [-0.39, 0.29) is 0 Å². The Labute approximate surface area is 104 Å². The zero-order chi connectivity index (χ0) is 11.8. The zero-order valence-corrected chi connectivity index (χ0v) is 10.9. The number of aryl methyl sites for hydroxylation is 1. The van der Waals surface area contributed by atoms with Gasteiger partial charge in [-0.25, -0.2) is 0 Å². The van der Waals surface area contributed by atoms with E-state index in [0.29, 0.717) is 6.04 Å². The number of anilines is 1. The summed E-state index contributed by atoms with van der Waals surface area (Å²) in [4.78, 5) is 5.25. The average molecular weight is 230 g/mol. The summed E-state index contributed by atoms with van der Waals surface area (Å²) in [5, 5.41) is 0. The minimum atomic E-state index is 0.716. The van der Waals surface area contributed by atoms with Crippen LogP contribution in [0.2, 0.25) is 0 Å². The minimum absolute atomic E-state index is 0.716. The molecule has 2 nitrogen and oxygen atoms in total. The van der Waals surface area contributed by atoms with Crippen LogP contribution in [0.1, 0.15) is 24.5 Å². The molecule has 0 radical (unpaired) electrons. The number of nitrogens with zero attached hydrogens (tertiary/aromatic N) is 2. The zero-order valence-electron chi connectivity index (χ0n) is 10.9. The highest BCUT2D eigenvalue weighted by Gasteiger charge is 2.32. The first-order valence-corrected chi connectivity index (χ1v) is 6.87. The molecule has 3 rings (SSSR count). The topological polar surface area (TPSA) is 6.48 Å². The molecule has 1 fully saturated rings. The van der Waals surface area contributed by atoms with Crippen LogP contribution in [0, 0.1) is 6.92 Å². The van der Waals surface area contributed by atoms with Crippen molar-refractivity contribution in [3.05, 3.63) is 29.3 Å². The molecule has 0 spiro atoms. The Hall–Kier alpha value is -1.02. The van der Waals surface area contributed by atoms with Crippen LogP contribution in [0.4, 0.5) is 5.69 Å². The van der Waals surface area contributed by atoms with Crippen molar-refractivity contribution in [1.29, 1.82) is 0 Å². The number of fused-ring (bicyclic) bond motifs is 3. The number of hydrogen-bond donors (Lipinski definition) is 0. The molecule has 2 aliphatic heterocycles. The van der Waals surface area contributed by atoms with Gasteiger partial charge in [0, 0.05) is 24.8 Å². The van der Waals surface area contributed by atoms with Crippen molar-refractivity contribution in [2.75, 3.05) is 31.1 Å². The summed E-state index contributed by atoms with van der Waals surface area (Å²) < 4.78 is 0. The molecule has 1 saturated heterocycles. The highest BCUT2D eigenvalue weighted by Crippen LogP contribution is 2.35. The van der Waals surface area contributed by atoms with Crippen LogP contribution < -0.4 is 4.90 Å². The van der Waals surface area contributed by atoms with Crippen LogP contribution in [0.15, 0.2) is 18.2 Å². The van der Waals surface area contributed by atoms with Crippen LogP contribution in [0.3, 0.4) is 0 Å². The number of rotatable bonds is 1. The van der Waals surface area contributed by atoms with Gasteiger partial charge >= 0.3 is 0 Å². The molecule has 1 aromatic rings. The highest BCUT2D eigenvalue weighted by molar-refractivity contribution is 5.62. The van der Waals surface area contributed by atoms with Gasteiger partial charge in [0.15, 0.2) is 0 Å². The minimum Gasteiger partial charge on any atom is -0.367 e. The molecule has 0 bridgehead atoms. The van der Waals surface area contributed by atoms with Crippen molar-refractivity contribution in [3.63, 3.8) is 0 Å². The average Bonchev–Trinajstić information content (AvgIpc) is 2.57. The molecule has 17 heavy (non-hydrogen) atoms. The van der Waals surface area contributed by atoms with Gasteiger partial charge in [-0.3, -0.25) is 0 Å². The van der Waals surface area contributed by atoms with Crippen molar-refractivity contribution in [1.82, 2.24) is 4.90 Å². The first-order valence-electron chi connectivity index (χ1n) is 6.87. The normalized spacial score (nSPS) is 24.4. The molecule has 0 aliphatic carbocycles. The van der Waals surface area contributed by atoms with Crippen molar-refractivity contribution < 1.29 is 0 Å². The van der Waals surface area contributed by atoms with Gasteiger partial charge in [0.2, 0.25) is 0 Å². The Balaban J connectivity index is 1.91. The van der Waals surface area contributed by atoms with Crippen LogP contribution in [0.25, 0.3) is 0 Å². The van der Waals surface area contributed by atoms with Crippen LogP contribution in [-0.4, -0.2) is 37.1 Å². The molecule has 2 aliphatic rings. The largest absolute Gasteiger partial charge is 0.367 e. The summed E-state index contributed by atoms with van der Waals surface area (Å²) in [6.07, 6.45) is 2.55. The molecular formula is C15H22N2. The van der Waals surface area contributed by atoms with Gasteiger partial charge in [-0.05, 0) is 50.0 Å². The third-order valence-electron chi connectivity index (χ3n) is 4.36. The molecule has 1 atom stereocenters. The molecule has 92 valence electrons. The molecule has 0 amide bonds. The molecule has 1 unspecified atom stereocenters. The predicted octanol–water partition coefficient (Wildman–Crippen LogP) is 2.45. The van der Waals surface area contributed by atoms with E-state index in [1.54, 1.807) is 5.56 Å². The maximum Gasteiger partial charge on any atom is 0.0458 e. The lowest BCUT2D eigenvalue weighted by Gasteiger charge is -2.26. The van der Waals surface area contributed by atoms with E-state index in [9.17, 15) is 0 Å². The molecule has 2 heterocycles. The standard InChI is InChI=1S/C15H22N2/c1-3-16-8-5-9-17-13(11-16)10-14-12(2)6-4-7-15(14)17/h4,6-7,13H,3,5,8-11H2,1-2H3. The molecule has 0 saturated carbocycles. The Morgan fingerprint density at radius 3 is 3.00 bits per heavy atom. The monoisotopic (exact) mass is 230 g/mol. The third-order valence-corrected chi connectivity index (χ3v) is 4.36. The summed E-state index contributed by atoms with van der Waals surface area (Å²) in [5.41, 5.74) is 4.57. The van der Waals surface area contributed by atoms with Crippen LogP contribution >= 0.6 is 0 Å². The molecular weight excluding hydrogens is 208 g/mol. The summed E-state index contributed by atoms with van der Waals surface area (Å²) in [6.45, 7) is 9.47. The lowest BCUT2D eigenvalue weighted by molar-refractivity contribution is 0.288. The Kier molecular flexibility index (Phi) is 2.83. The third kappa shape index (κ3) is 1.85. The van der Waals surface area contributed by atoms with Crippen molar-refractivity contribution in [2.24, 2.45) is 0 Å². The lowest BCUT2D eigenvalue weighted by Crippen LogP contribution is -2.38. The van der Waals surface area contributed by atoms with Crippen molar-refractivity contribution >= 4 is 5.69 Å². The highest BCUT2D eigenvalue weighted by atomic mass is 15.3. The second-order valence-corrected chi connectivity index (χ2v) is 5.37. The number of hydrogen-bond acceptors (Lipinski definition) is 2. The second kappa shape index (κ2) is 4.34. The van der Waals surface area contributed by atoms with Gasteiger partial charge in [0.1, 0.15) is 0 Å². The SMILES string of the molecule is CCN1CCCN2c3cccc(C)c3CC2C1. The van der Waals surface area contributed by atoms with Gasteiger partial charge in [0.25, 0.3) is 0 Å². The van der Waals surface area contributed by atoms with Crippen LogP contribution in [-0.2, 0) is 6.42 Å². The van der Waals surface area contributed by atoms with E-state index in [2.05, 4.69) is 41.8 Å². The molecule has 0 aromatic heterocycles. The predicted molar refractivity (Wildman–Crippen MR) is 72.7 cm³/mol. The van der Waals surface area contributed by atoms with Gasteiger partial charge < -0.3 is 9.80 Å². The fourth-order valence-corrected chi connectivity index (χ4v) is 3.37. The van der Waals surface area contributed by atoms with Crippen molar-refractivity contribution in [3.8, 4) is 0 Å². The van der Waals surface area contributed by atoms with E-state index in [4.69, 9.17) is 0 Å². The smallest absolute Gasteiger partial charge is 0.0458 e. The van der Waals surface area contributed by atoms with Crippen LogP contribution in [0.5, 0.6) is 0 Å². The Morgan fingerprint density at radius 2 is 2.18 bits per heavy atom. The van der Waals surface area contributed by atoms with Gasteiger partial charge in [-0.15, -0.1) is 0 Å². The Morgan fingerprint density at radius 1 is 1.29 bits per heavy atom. The summed E-state index contributed by atoms with van der Waals surface area (Å²) in [7, 11) is 0. The van der Waals surface area contributed by atoms with E-state index >= 15 is 0 Å². The summed E-state index contributed by atoms with van der Waals surface area (Å²) >= 11 is 0. The lowest BCUT2D eigenvalue weighted by atomic mass is 10.0. The Bertz CT molecular complexity index is 413. The molecule has 0 N–H and O–H groups in total. The molecule has 2 heteroatoms. The second-order valence-electron chi connectivity index (χ2n) is 5.37. The quantitative estimate of drug-likeness (QED) is 0.731. The fraction of sp³-hybridized carbons (Fsp3) is 0.600.